The number of piperidine rings is 1. The van der Waals surface area contributed by atoms with Gasteiger partial charge < -0.3 is 20.5 Å². The Labute approximate surface area is 260 Å². The lowest BCUT2D eigenvalue weighted by Crippen LogP contribution is -2.60. The molecule has 44 heavy (non-hydrogen) atoms. The summed E-state index contributed by atoms with van der Waals surface area (Å²) >= 11 is 1.30. The first-order chi connectivity index (χ1) is 20.7. The van der Waals surface area contributed by atoms with Crippen molar-refractivity contribution in [2.45, 2.75) is 66.6 Å². The summed E-state index contributed by atoms with van der Waals surface area (Å²) in [5, 5.41) is 7.17. The number of fused-ring (bicyclic) bond motifs is 3. The lowest BCUT2D eigenvalue weighted by Gasteiger charge is -2.37. The number of H-pyrrole nitrogens is 1. The molecule has 2 fully saturated rings. The second-order valence-electron chi connectivity index (χ2n) is 14.0. The van der Waals surface area contributed by atoms with E-state index in [4.69, 9.17) is 0 Å². The fraction of sp³-hybridized carbons (Fsp3) is 0.441. The first kappa shape index (κ1) is 30.0. The molecule has 3 N–H and O–H groups in total. The van der Waals surface area contributed by atoms with Gasteiger partial charge in [-0.1, -0.05) is 58.9 Å². The van der Waals surface area contributed by atoms with Crippen LogP contribution in [0.3, 0.4) is 0 Å². The molecule has 0 radical (unpaired) electrons. The van der Waals surface area contributed by atoms with Crippen LogP contribution in [0.2, 0.25) is 0 Å². The number of amides is 3. The molecule has 1 aliphatic carbocycles. The molecule has 9 nitrogen and oxygen atoms in total. The van der Waals surface area contributed by atoms with Crippen LogP contribution in [0.5, 0.6) is 0 Å². The van der Waals surface area contributed by atoms with Gasteiger partial charge in [0.15, 0.2) is 5.01 Å². The second kappa shape index (κ2) is 10.5. The van der Waals surface area contributed by atoms with Crippen molar-refractivity contribution in [3.8, 4) is 0 Å². The molecule has 5 atom stereocenters. The standard InChI is InChI=1S/C34H39N5O4S/c1-17-11-10-13-21-19(17)15-23(36-21)29(41)38-28(33(3,4)5)32(43)39-16-20-25(34(20,6)7)26(39)30(42)35-18(2)27(40)31-37-22-12-8-9-14-24(22)44-31/h8-15,18,20,25-26,28,36H,16H2,1-7H3,(H,35,42)(H,38,41)/t18-,20-,25-,26-,28+/m0/s1. The lowest BCUT2D eigenvalue weighted by atomic mass is 9.85. The van der Waals surface area contributed by atoms with Gasteiger partial charge in [0.25, 0.3) is 5.91 Å². The van der Waals surface area contributed by atoms with Crippen LogP contribution in [0.4, 0.5) is 0 Å². The highest BCUT2D eigenvalue weighted by molar-refractivity contribution is 7.20. The van der Waals surface area contributed by atoms with Crippen molar-refractivity contribution in [1.82, 2.24) is 25.5 Å². The number of hydrogen-bond acceptors (Lipinski definition) is 6. The van der Waals surface area contributed by atoms with E-state index in [1.54, 1.807) is 17.9 Å². The minimum Gasteiger partial charge on any atom is -0.351 e. The predicted molar refractivity (Wildman–Crippen MR) is 172 cm³/mol. The molecule has 10 heteroatoms. The monoisotopic (exact) mass is 613 g/mol. The van der Waals surface area contributed by atoms with Crippen LogP contribution in [0.25, 0.3) is 21.1 Å². The number of ketones is 1. The zero-order valence-corrected chi connectivity index (χ0v) is 27.0. The van der Waals surface area contributed by atoms with Gasteiger partial charge in [0, 0.05) is 17.4 Å². The Hall–Kier alpha value is -4.05. The summed E-state index contributed by atoms with van der Waals surface area (Å²) in [6.07, 6.45) is 0. The largest absolute Gasteiger partial charge is 0.351 e. The molecule has 2 aromatic heterocycles. The van der Waals surface area contributed by atoms with E-state index in [0.29, 0.717) is 17.2 Å². The summed E-state index contributed by atoms with van der Waals surface area (Å²) in [5.41, 5.74) is 2.27. The van der Waals surface area contributed by atoms with Gasteiger partial charge in [-0.2, -0.15) is 0 Å². The number of carbonyl (C=O) groups is 4. The number of hydrogen-bond donors (Lipinski definition) is 3. The number of benzene rings is 2. The number of aryl methyl sites for hydroxylation is 1. The number of carbonyl (C=O) groups excluding carboxylic acids is 4. The zero-order chi connectivity index (χ0) is 31.7. The topological polar surface area (TPSA) is 124 Å². The number of rotatable bonds is 7. The molecule has 230 valence electrons. The Kier molecular flexibility index (Phi) is 7.19. The Morgan fingerprint density at radius 1 is 1.07 bits per heavy atom. The fourth-order valence-corrected chi connectivity index (χ4v) is 7.79. The van der Waals surface area contributed by atoms with Crippen LogP contribution in [0.1, 0.15) is 67.4 Å². The first-order valence-corrected chi connectivity index (χ1v) is 15.9. The van der Waals surface area contributed by atoms with Crippen molar-refractivity contribution < 1.29 is 19.2 Å². The van der Waals surface area contributed by atoms with Gasteiger partial charge >= 0.3 is 0 Å². The summed E-state index contributed by atoms with van der Waals surface area (Å²) in [6.45, 7) is 14.0. The van der Waals surface area contributed by atoms with Crippen molar-refractivity contribution >= 4 is 56.0 Å². The maximum Gasteiger partial charge on any atom is 0.268 e. The molecule has 3 heterocycles. The van der Waals surface area contributed by atoms with E-state index in [0.717, 1.165) is 26.7 Å². The number of aromatic amines is 1. The van der Waals surface area contributed by atoms with Crippen LogP contribution in [-0.2, 0) is 9.59 Å². The molecule has 6 rings (SSSR count). The number of likely N-dealkylation sites (tertiary alicyclic amines) is 1. The summed E-state index contributed by atoms with van der Waals surface area (Å²) in [6, 6.07) is 12.7. The lowest BCUT2D eigenvalue weighted by molar-refractivity contribution is -0.143. The molecular weight excluding hydrogens is 574 g/mol. The van der Waals surface area contributed by atoms with Gasteiger partial charge in [0.05, 0.1) is 16.3 Å². The molecule has 4 aromatic rings. The fourth-order valence-electron chi connectivity index (χ4n) is 6.79. The van der Waals surface area contributed by atoms with Crippen molar-refractivity contribution in [2.75, 3.05) is 6.54 Å². The van der Waals surface area contributed by atoms with Gasteiger partial charge in [0.1, 0.15) is 17.8 Å². The predicted octanol–water partition coefficient (Wildman–Crippen LogP) is 5.10. The average Bonchev–Trinajstić information content (AvgIpc) is 3.49. The van der Waals surface area contributed by atoms with E-state index < -0.39 is 23.5 Å². The first-order valence-electron chi connectivity index (χ1n) is 15.1. The number of aromatic nitrogens is 2. The molecule has 1 saturated heterocycles. The van der Waals surface area contributed by atoms with Gasteiger partial charge in [0.2, 0.25) is 17.6 Å². The van der Waals surface area contributed by atoms with E-state index >= 15 is 0 Å². The normalized spacial score (nSPS) is 22.0. The third-order valence-corrected chi connectivity index (χ3v) is 10.6. The average molecular weight is 614 g/mol. The van der Waals surface area contributed by atoms with Gasteiger partial charge in [-0.05, 0) is 66.3 Å². The molecule has 3 amide bonds. The van der Waals surface area contributed by atoms with E-state index in [1.165, 1.54) is 11.3 Å². The Balaban J connectivity index is 1.22. The quantitative estimate of drug-likeness (QED) is 0.250. The van der Waals surface area contributed by atoms with Crippen molar-refractivity contribution in [3.05, 3.63) is 64.8 Å². The maximum atomic E-state index is 14.3. The molecule has 2 aromatic carbocycles. The molecular formula is C34H39N5O4S. The van der Waals surface area contributed by atoms with Gasteiger partial charge in [-0.25, -0.2) is 4.98 Å². The Morgan fingerprint density at radius 2 is 1.80 bits per heavy atom. The molecule has 1 aliphatic heterocycles. The number of nitrogens with zero attached hydrogens (tertiary/aromatic N) is 2. The van der Waals surface area contributed by atoms with Crippen molar-refractivity contribution in [1.29, 1.82) is 0 Å². The third-order valence-electron chi connectivity index (χ3n) is 9.53. The van der Waals surface area contributed by atoms with E-state index in [-0.39, 0.29) is 40.8 Å². The molecule has 0 unspecified atom stereocenters. The SMILES string of the molecule is Cc1cccc2[nH]c(C(=O)N[C@H](C(=O)N3C[C@H]4[C@@H]([C@H]3C(=O)N[C@@H](C)C(=O)c3nc5ccccc5s3)C4(C)C)C(C)(C)C)cc12. The summed E-state index contributed by atoms with van der Waals surface area (Å²) in [7, 11) is 0. The molecule has 2 aliphatic rings. The van der Waals surface area contributed by atoms with Crippen LogP contribution in [-0.4, -0.2) is 63.0 Å². The summed E-state index contributed by atoms with van der Waals surface area (Å²) < 4.78 is 0.905. The highest BCUT2D eigenvalue weighted by atomic mass is 32.1. The smallest absolute Gasteiger partial charge is 0.268 e. The number of Topliss-reactive ketones (excluding diaryl/α,β-unsaturated/α-hetero) is 1. The van der Waals surface area contributed by atoms with E-state index in [1.807, 2.05) is 70.2 Å². The highest BCUT2D eigenvalue weighted by Crippen LogP contribution is 2.65. The van der Waals surface area contributed by atoms with Crippen LogP contribution >= 0.6 is 11.3 Å². The van der Waals surface area contributed by atoms with E-state index in [9.17, 15) is 19.2 Å². The molecule has 0 bridgehead atoms. The van der Waals surface area contributed by atoms with Crippen molar-refractivity contribution in [2.24, 2.45) is 22.7 Å². The number of para-hydroxylation sites is 1. The number of thiazole rings is 1. The van der Waals surface area contributed by atoms with E-state index in [2.05, 4.69) is 34.4 Å². The van der Waals surface area contributed by atoms with Crippen LogP contribution < -0.4 is 10.6 Å². The minimum atomic E-state index is -0.875. The van der Waals surface area contributed by atoms with Crippen molar-refractivity contribution in [3.63, 3.8) is 0 Å². The van der Waals surface area contributed by atoms with Crippen LogP contribution in [0, 0.1) is 29.6 Å². The zero-order valence-electron chi connectivity index (χ0n) is 26.1. The minimum absolute atomic E-state index is 0.0378. The second-order valence-corrected chi connectivity index (χ2v) is 15.0. The third kappa shape index (κ3) is 5.08. The van der Waals surface area contributed by atoms with Crippen LogP contribution in [0.15, 0.2) is 48.5 Å². The highest BCUT2D eigenvalue weighted by Gasteiger charge is 2.69. The van der Waals surface area contributed by atoms with Gasteiger partial charge in [-0.15, -0.1) is 11.3 Å². The maximum absolute atomic E-state index is 14.3. The Bertz CT molecular complexity index is 1780. The molecule has 0 spiro atoms. The number of nitrogens with one attached hydrogen (secondary N) is 3. The summed E-state index contributed by atoms with van der Waals surface area (Å²) in [5.74, 6) is -1.19. The van der Waals surface area contributed by atoms with Gasteiger partial charge in [-0.3, -0.25) is 19.2 Å². The summed E-state index contributed by atoms with van der Waals surface area (Å²) in [4.78, 5) is 64.2. The molecule has 1 saturated carbocycles. The Morgan fingerprint density at radius 3 is 2.48 bits per heavy atom.